The lowest BCUT2D eigenvalue weighted by molar-refractivity contribution is -0.00993. The van der Waals surface area contributed by atoms with Crippen LogP contribution in [-0.4, -0.2) is 43.1 Å². The first kappa shape index (κ1) is 11.2. The lowest BCUT2D eigenvalue weighted by Crippen LogP contribution is -2.22. The van der Waals surface area contributed by atoms with Crippen LogP contribution in [0.15, 0.2) is 11.1 Å². The summed E-state index contributed by atoms with van der Waals surface area (Å²) < 4.78 is 0.854. The second kappa shape index (κ2) is 3.96. The zero-order valence-electron chi connectivity index (χ0n) is 9.62. The monoisotopic (exact) mass is 241 g/mol. The number of rotatable bonds is 3. The molecule has 0 unspecified atom stereocenters. The van der Waals surface area contributed by atoms with Crippen LogP contribution in [0.5, 0.6) is 0 Å². The highest BCUT2D eigenvalue weighted by atomic mass is 16.6. The molecule has 4 N–H and O–H groups in total. The smallest absolute Gasteiger partial charge is 0.216 e. The highest BCUT2D eigenvalue weighted by molar-refractivity contribution is 5.80. The van der Waals surface area contributed by atoms with Crippen LogP contribution in [0.4, 0.5) is 5.82 Å². The number of aromatic nitrogens is 3. The van der Waals surface area contributed by atoms with Gasteiger partial charge in [-0.1, -0.05) is 9.69 Å². The summed E-state index contributed by atoms with van der Waals surface area (Å²) in [7, 11) is 0. The molecule has 0 saturated heterocycles. The van der Waals surface area contributed by atoms with Crippen LogP contribution in [0, 0.1) is 0 Å². The Kier molecular flexibility index (Phi) is 2.62. The zero-order valence-corrected chi connectivity index (χ0v) is 9.62. The summed E-state index contributed by atoms with van der Waals surface area (Å²) in [5.74, 6) is 0.424. The molecule has 0 fully saturated rings. The van der Waals surface area contributed by atoms with Gasteiger partial charge in [0, 0.05) is 19.2 Å². The average molecular weight is 241 g/mol. The Morgan fingerprint density at radius 2 is 1.94 bits per heavy atom. The molecule has 0 saturated carbocycles. The van der Waals surface area contributed by atoms with Gasteiger partial charge in [-0.3, -0.25) is 4.99 Å². The third-order valence-electron chi connectivity index (χ3n) is 2.42. The molecule has 8 nitrogen and oxygen atoms in total. The van der Waals surface area contributed by atoms with Crippen molar-refractivity contribution >= 4 is 16.9 Å². The van der Waals surface area contributed by atoms with Crippen LogP contribution < -0.4 is 10.8 Å². The van der Waals surface area contributed by atoms with Crippen molar-refractivity contribution in [3.8, 4) is 0 Å². The summed E-state index contributed by atoms with van der Waals surface area (Å²) in [5, 5.41) is 32.0. The molecule has 0 aliphatic heterocycles. The Bertz CT molecular complexity index is 606. The van der Waals surface area contributed by atoms with Crippen molar-refractivity contribution in [1.82, 2.24) is 14.4 Å². The van der Waals surface area contributed by atoms with Crippen LogP contribution >= 0.6 is 0 Å². The number of nitrogens with one attached hydrogen (secondary N) is 1. The van der Waals surface area contributed by atoms with Crippen molar-refractivity contribution in [2.24, 2.45) is 4.99 Å². The van der Waals surface area contributed by atoms with Crippen molar-refractivity contribution in [3.05, 3.63) is 11.6 Å². The molecule has 0 atom stereocenters. The van der Waals surface area contributed by atoms with Crippen LogP contribution in [0.2, 0.25) is 0 Å². The summed E-state index contributed by atoms with van der Waals surface area (Å²) in [6, 6.07) is 1.51. The minimum Gasteiger partial charge on any atom is -0.426 e. The fourth-order valence-electron chi connectivity index (χ4n) is 1.73. The molecular weight excluding hydrogens is 226 g/mol. The highest BCUT2D eigenvalue weighted by Crippen LogP contribution is 2.18. The minimum atomic E-state index is 0.0941. The number of hydrogen-bond donors (Lipinski definition) is 4. The van der Waals surface area contributed by atoms with Crippen LogP contribution in [0.1, 0.15) is 13.8 Å². The van der Waals surface area contributed by atoms with Gasteiger partial charge in [0.25, 0.3) is 0 Å². The molecule has 0 aliphatic rings. The first-order chi connectivity index (χ1) is 8.11. The van der Waals surface area contributed by atoms with Crippen LogP contribution in [0.3, 0.4) is 0 Å². The molecule has 0 spiro atoms. The second-order valence-electron chi connectivity index (χ2n) is 3.48. The van der Waals surface area contributed by atoms with E-state index >= 15 is 0 Å². The highest BCUT2D eigenvalue weighted by Gasteiger charge is 2.18. The Balaban J connectivity index is 2.81. The molecule has 0 aliphatic carbocycles. The molecule has 0 amide bonds. The molecule has 2 aromatic rings. The van der Waals surface area contributed by atoms with E-state index in [2.05, 4.69) is 10.3 Å². The molecule has 0 radical (unpaired) electrons. The van der Waals surface area contributed by atoms with Crippen molar-refractivity contribution < 1.29 is 15.6 Å². The first-order valence-electron chi connectivity index (χ1n) is 5.33. The predicted octanol–water partition coefficient (Wildman–Crippen LogP) is 0.309. The predicted molar refractivity (Wildman–Crippen MR) is 59.7 cm³/mol. The molecular formula is C9H15N5O3. The molecule has 2 heterocycles. The van der Waals surface area contributed by atoms with Crippen molar-refractivity contribution in [2.75, 3.05) is 18.4 Å². The minimum absolute atomic E-state index is 0.0941. The molecule has 0 aromatic carbocycles. The Hall–Kier alpha value is -2.25. The van der Waals surface area contributed by atoms with Crippen LogP contribution in [0.25, 0.3) is 11.0 Å². The third-order valence-corrected chi connectivity index (χ3v) is 2.42. The molecule has 94 valence electrons. The van der Waals surface area contributed by atoms with Crippen molar-refractivity contribution in [1.29, 1.82) is 0 Å². The molecule has 8 heteroatoms. The zero-order chi connectivity index (χ0) is 12.6. The van der Waals surface area contributed by atoms with Gasteiger partial charge in [0.05, 0.1) is 0 Å². The largest absolute Gasteiger partial charge is 0.426 e. The Morgan fingerprint density at radius 1 is 1.24 bits per heavy atom. The molecule has 0 bridgehead atoms. The number of nitrogens with zero attached hydrogens (tertiary/aromatic N) is 4. The molecule has 17 heavy (non-hydrogen) atoms. The van der Waals surface area contributed by atoms with Crippen LogP contribution in [-0.2, 0) is 0 Å². The fraction of sp³-hybridized carbons (Fsp3) is 0.444. The van der Waals surface area contributed by atoms with Crippen molar-refractivity contribution in [3.63, 3.8) is 0 Å². The van der Waals surface area contributed by atoms with E-state index in [0.29, 0.717) is 28.6 Å². The van der Waals surface area contributed by atoms with Gasteiger partial charge in [-0.15, -0.1) is 0 Å². The normalized spacial score (nSPS) is 12.5. The summed E-state index contributed by atoms with van der Waals surface area (Å²) in [6.45, 7) is 4.71. The number of fused-ring (bicyclic) bond motifs is 1. The average Bonchev–Trinajstić information content (AvgIpc) is 2.73. The van der Waals surface area contributed by atoms with E-state index in [4.69, 9.17) is 0 Å². The van der Waals surface area contributed by atoms with E-state index < -0.39 is 0 Å². The van der Waals surface area contributed by atoms with E-state index in [1.54, 1.807) is 6.92 Å². The van der Waals surface area contributed by atoms with Gasteiger partial charge >= 0.3 is 0 Å². The van der Waals surface area contributed by atoms with Gasteiger partial charge < -0.3 is 20.9 Å². The second-order valence-corrected chi connectivity index (χ2v) is 3.48. The van der Waals surface area contributed by atoms with Gasteiger partial charge in [-0.25, -0.2) is 0 Å². The van der Waals surface area contributed by atoms with Gasteiger partial charge in [-0.05, 0) is 13.8 Å². The van der Waals surface area contributed by atoms with Gasteiger partial charge in [0.1, 0.15) is 11.3 Å². The number of anilines is 1. The van der Waals surface area contributed by atoms with Gasteiger partial charge in [-0.2, -0.15) is 4.73 Å². The SMILES string of the molecule is CCN=c1c2c(cc(NCC)n2O)n(O)n1O. The maximum Gasteiger partial charge on any atom is 0.216 e. The maximum atomic E-state index is 9.91. The van der Waals surface area contributed by atoms with E-state index in [9.17, 15) is 15.6 Å². The van der Waals surface area contributed by atoms with Gasteiger partial charge in [0.15, 0.2) is 5.52 Å². The maximum absolute atomic E-state index is 9.91. The number of hydrogen-bond acceptors (Lipinski definition) is 5. The van der Waals surface area contributed by atoms with E-state index in [0.717, 1.165) is 4.73 Å². The first-order valence-corrected chi connectivity index (χ1v) is 5.33. The summed E-state index contributed by atoms with van der Waals surface area (Å²) in [5.41, 5.74) is 0.600. The topological polar surface area (TPSA) is 99.9 Å². The lowest BCUT2D eigenvalue weighted by Gasteiger charge is -2.03. The van der Waals surface area contributed by atoms with Gasteiger partial charge in [0.2, 0.25) is 5.49 Å². The summed E-state index contributed by atoms with van der Waals surface area (Å²) in [6.07, 6.45) is 0. The lowest BCUT2D eigenvalue weighted by atomic mass is 10.5. The quantitative estimate of drug-likeness (QED) is 0.581. The van der Waals surface area contributed by atoms with E-state index in [1.807, 2.05) is 6.92 Å². The summed E-state index contributed by atoms with van der Waals surface area (Å²) >= 11 is 0. The molecule has 2 aromatic heterocycles. The Morgan fingerprint density at radius 3 is 2.53 bits per heavy atom. The van der Waals surface area contributed by atoms with E-state index in [1.165, 1.54) is 6.07 Å². The summed E-state index contributed by atoms with van der Waals surface area (Å²) in [4.78, 5) is 5.02. The molecule has 2 rings (SSSR count). The Labute approximate surface area is 96.5 Å². The fourth-order valence-corrected chi connectivity index (χ4v) is 1.73. The van der Waals surface area contributed by atoms with Crippen molar-refractivity contribution in [2.45, 2.75) is 13.8 Å². The van der Waals surface area contributed by atoms with E-state index in [-0.39, 0.29) is 16.5 Å². The third kappa shape index (κ3) is 1.49. The standard InChI is InChI=1S/C9H15N5O3/c1-3-10-7-5-6-8(12(7)15)9(11-4-2)14(17)13(6)16/h5,10,15-17H,3-4H2,1-2H3.